The molecule has 1 fully saturated rings. The fourth-order valence-electron chi connectivity index (χ4n) is 3.82. The lowest BCUT2D eigenvalue weighted by Crippen LogP contribution is -2.36. The van der Waals surface area contributed by atoms with Crippen molar-refractivity contribution in [1.29, 1.82) is 0 Å². The predicted octanol–water partition coefficient (Wildman–Crippen LogP) is 0.112. The first-order valence-electron chi connectivity index (χ1n) is 10.6. The number of nitrogen functional groups attached to an aromatic ring is 1. The Balaban J connectivity index is 1.46. The van der Waals surface area contributed by atoms with Crippen LogP contribution < -0.4 is 16.4 Å². The Morgan fingerprint density at radius 1 is 1.25 bits per heavy atom. The monoisotopic (exact) mass is 449 g/mol. The molecule has 0 unspecified atom stereocenters. The lowest BCUT2D eigenvalue weighted by atomic mass is 10.0. The van der Waals surface area contributed by atoms with Gasteiger partial charge in [-0.25, -0.2) is 19.7 Å². The van der Waals surface area contributed by atoms with Crippen LogP contribution in [0.5, 0.6) is 0 Å². The minimum absolute atomic E-state index is 0.199. The van der Waals surface area contributed by atoms with E-state index in [1.807, 2.05) is 0 Å². The Kier molecular flexibility index (Phi) is 7.14. The molecule has 0 aromatic carbocycles. The van der Waals surface area contributed by atoms with Crippen LogP contribution in [0.15, 0.2) is 12.7 Å². The van der Waals surface area contributed by atoms with Crippen molar-refractivity contribution in [3.05, 3.63) is 12.7 Å². The van der Waals surface area contributed by atoms with Gasteiger partial charge in [0.2, 0.25) is 5.91 Å². The van der Waals surface area contributed by atoms with Crippen molar-refractivity contribution < 1.29 is 24.5 Å². The van der Waals surface area contributed by atoms with Crippen molar-refractivity contribution in [2.45, 2.75) is 63.9 Å². The van der Waals surface area contributed by atoms with Crippen LogP contribution in [-0.2, 0) is 9.53 Å². The Labute approximate surface area is 185 Å². The van der Waals surface area contributed by atoms with E-state index in [0.717, 1.165) is 0 Å². The topological polar surface area (TPSA) is 178 Å². The number of ether oxygens (including phenoxy) is 1. The highest BCUT2D eigenvalue weighted by Gasteiger charge is 2.43. The molecule has 1 saturated carbocycles. The van der Waals surface area contributed by atoms with Gasteiger partial charge in [-0.3, -0.25) is 4.79 Å². The molecule has 176 valence electrons. The molecule has 2 aromatic heterocycles. The average molecular weight is 450 g/mol. The fourth-order valence-corrected chi connectivity index (χ4v) is 3.82. The van der Waals surface area contributed by atoms with Gasteiger partial charge in [0, 0.05) is 25.4 Å². The molecule has 32 heavy (non-hydrogen) atoms. The number of hydrogen-bond donors (Lipinski definition) is 5. The van der Waals surface area contributed by atoms with Gasteiger partial charge in [0.05, 0.1) is 24.6 Å². The lowest BCUT2D eigenvalue weighted by Gasteiger charge is -2.22. The van der Waals surface area contributed by atoms with Crippen LogP contribution in [0.4, 0.5) is 10.6 Å². The number of carbonyl (C=O) groups is 2. The third-order valence-corrected chi connectivity index (χ3v) is 5.29. The number of carbonyl (C=O) groups excluding carboxylic acids is 2. The number of imidazole rings is 1. The van der Waals surface area contributed by atoms with Gasteiger partial charge in [-0.05, 0) is 33.6 Å². The lowest BCUT2D eigenvalue weighted by molar-refractivity contribution is -0.121. The number of aliphatic hydroxyl groups is 2. The maximum absolute atomic E-state index is 12.1. The first-order chi connectivity index (χ1) is 15.1. The van der Waals surface area contributed by atoms with E-state index < -0.39 is 29.9 Å². The molecule has 0 saturated heterocycles. The van der Waals surface area contributed by atoms with Gasteiger partial charge in [-0.1, -0.05) is 0 Å². The molecule has 2 heterocycles. The highest BCUT2D eigenvalue weighted by Crippen LogP contribution is 2.36. The molecule has 0 bridgehead atoms. The number of alkyl carbamates (subject to hydrolysis) is 1. The summed E-state index contributed by atoms with van der Waals surface area (Å²) in [5.74, 6) is -0.314. The van der Waals surface area contributed by atoms with E-state index in [-0.39, 0.29) is 30.6 Å². The molecule has 0 spiro atoms. The average Bonchev–Trinajstić information content (AvgIpc) is 3.23. The van der Waals surface area contributed by atoms with Gasteiger partial charge < -0.3 is 35.9 Å². The maximum atomic E-state index is 12.1. The van der Waals surface area contributed by atoms with E-state index in [4.69, 9.17) is 10.5 Å². The standard InChI is InChI=1S/C20H31N7O5/c1-20(2,3)32-19(31)22-6-4-5-13(29)23-8-11-7-12(28)15(16(11)30)27-10-26-14-17(21)24-9-25-18(14)27/h9-12,15-16,28,30H,4-8H2,1-3H3,(H,22,31)(H,23,29)(H2,21,24,25)/t11-,12-,15+,16+/m1/s1. The number of aromatic nitrogens is 4. The molecule has 2 aromatic rings. The Morgan fingerprint density at radius 2 is 2.00 bits per heavy atom. The van der Waals surface area contributed by atoms with Crippen molar-refractivity contribution in [2.75, 3.05) is 18.8 Å². The number of anilines is 1. The number of nitrogens with two attached hydrogens (primary N) is 1. The molecule has 0 aliphatic heterocycles. The highest BCUT2D eigenvalue weighted by molar-refractivity contribution is 5.81. The van der Waals surface area contributed by atoms with E-state index in [0.29, 0.717) is 30.6 Å². The zero-order valence-corrected chi connectivity index (χ0v) is 18.5. The summed E-state index contributed by atoms with van der Waals surface area (Å²) in [5, 5.41) is 26.8. The van der Waals surface area contributed by atoms with Crippen LogP contribution in [0.1, 0.15) is 46.1 Å². The van der Waals surface area contributed by atoms with Crippen LogP contribution in [0.2, 0.25) is 0 Å². The van der Waals surface area contributed by atoms with E-state index in [1.165, 1.54) is 12.7 Å². The van der Waals surface area contributed by atoms with Gasteiger partial charge in [0.1, 0.15) is 17.4 Å². The first-order valence-corrected chi connectivity index (χ1v) is 10.6. The number of amides is 2. The molecule has 3 rings (SSSR count). The second kappa shape index (κ2) is 9.65. The summed E-state index contributed by atoms with van der Waals surface area (Å²) in [7, 11) is 0. The molecule has 12 heteroatoms. The zero-order chi connectivity index (χ0) is 23.5. The molecule has 6 N–H and O–H groups in total. The van der Waals surface area contributed by atoms with Crippen molar-refractivity contribution in [3.63, 3.8) is 0 Å². The van der Waals surface area contributed by atoms with E-state index in [1.54, 1.807) is 25.3 Å². The third kappa shape index (κ3) is 5.62. The van der Waals surface area contributed by atoms with E-state index >= 15 is 0 Å². The second-order valence-corrected chi connectivity index (χ2v) is 8.96. The smallest absolute Gasteiger partial charge is 0.407 e. The fraction of sp³-hybridized carbons (Fsp3) is 0.650. The number of fused-ring (bicyclic) bond motifs is 1. The Hall–Kier alpha value is -2.99. The minimum atomic E-state index is -0.910. The number of hydrogen-bond acceptors (Lipinski definition) is 9. The van der Waals surface area contributed by atoms with Gasteiger partial charge in [-0.2, -0.15) is 0 Å². The van der Waals surface area contributed by atoms with E-state index in [9.17, 15) is 19.8 Å². The van der Waals surface area contributed by atoms with Gasteiger partial charge >= 0.3 is 6.09 Å². The largest absolute Gasteiger partial charge is 0.444 e. The molecule has 0 radical (unpaired) electrons. The first kappa shape index (κ1) is 23.7. The summed E-state index contributed by atoms with van der Waals surface area (Å²) in [4.78, 5) is 36.0. The van der Waals surface area contributed by atoms with Crippen LogP contribution in [-0.4, -0.2) is 72.6 Å². The van der Waals surface area contributed by atoms with Gasteiger partial charge in [0.25, 0.3) is 0 Å². The third-order valence-electron chi connectivity index (χ3n) is 5.29. The predicted molar refractivity (Wildman–Crippen MR) is 115 cm³/mol. The number of nitrogens with one attached hydrogen (secondary N) is 2. The zero-order valence-electron chi connectivity index (χ0n) is 18.5. The molecular formula is C20H31N7O5. The van der Waals surface area contributed by atoms with Crippen molar-refractivity contribution in [3.8, 4) is 0 Å². The molecule has 1 aliphatic rings. The molecule has 12 nitrogen and oxygen atoms in total. The molecular weight excluding hydrogens is 418 g/mol. The number of aliphatic hydroxyl groups excluding tert-OH is 2. The normalized spacial score (nSPS) is 23.3. The minimum Gasteiger partial charge on any atom is -0.444 e. The Bertz CT molecular complexity index is 957. The Morgan fingerprint density at radius 3 is 2.72 bits per heavy atom. The highest BCUT2D eigenvalue weighted by atomic mass is 16.6. The summed E-state index contributed by atoms with van der Waals surface area (Å²) < 4.78 is 6.74. The summed E-state index contributed by atoms with van der Waals surface area (Å²) in [6, 6.07) is -0.658. The van der Waals surface area contributed by atoms with Crippen LogP contribution in [0, 0.1) is 5.92 Å². The van der Waals surface area contributed by atoms with Gasteiger partial charge in [0.15, 0.2) is 11.5 Å². The second-order valence-electron chi connectivity index (χ2n) is 8.96. The van der Waals surface area contributed by atoms with Crippen molar-refractivity contribution >= 4 is 29.0 Å². The van der Waals surface area contributed by atoms with Crippen molar-refractivity contribution in [2.24, 2.45) is 5.92 Å². The molecule has 2 amide bonds. The summed E-state index contributed by atoms with van der Waals surface area (Å²) in [5.41, 5.74) is 6.07. The number of nitrogens with zero attached hydrogens (tertiary/aromatic N) is 4. The summed E-state index contributed by atoms with van der Waals surface area (Å²) >= 11 is 0. The van der Waals surface area contributed by atoms with Crippen molar-refractivity contribution in [1.82, 2.24) is 30.2 Å². The maximum Gasteiger partial charge on any atom is 0.407 e. The van der Waals surface area contributed by atoms with Crippen LogP contribution >= 0.6 is 0 Å². The summed E-state index contributed by atoms with van der Waals surface area (Å²) in [6.07, 6.45) is 1.49. The number of rotatable bonds is 7. The summed E-state index contributed by atoms with van der Waals surface area (Å²) in [6.45, 7) is 5.86. The van der Waals surface area contributed by atoms with Crippen LogP contribution in [0.3, 0.4) is 0 Å². The quantitative estimate of drug-likeness (QED) is 0.367. The van der Waals surface area contributed by atoms with E-state index in [2.05, 4.69) is 25.6 Å². The van der Waals surface area contributed by atoms with Crippen LogP contribution in [0.25, 0.3) is 11.2 Å². The SMILES string of the molecule is CC(C)(C)OC(=O)NCCCC(=O)NC[C@H]1C[C@@H](O)[C@H](n2cnc3c(N)ncnc32)[C@H]1O. The molecule has 1 aliphatic carbocycles. The van der Waals surface area contributed by atoms with Gasteiger partial charge in [-0.15, -0.1) is 0 Å². The molecule has 4 atom stereocenters.